The SMILES string of the molecule is C=C(C)Cc1c[nH]c2c1=CCCC=2. The lowest BCUT2D eigenvalue weighted by molar-refractivity contribution is 1.09. The molecule has 0 saturated carbocycles. The van der Waals surface area contributed by atoms with Crippen LogP contribution >= 0.6 is 0 Å². The highest BCUT2D eigenvalue weighted by atomic mass is 14.7. The minimum absolute atomic E-state index is 0.996. The van der Waals surface area contributed by atoms with Crippen LogP contribution in [0.5, 0.6) is 0 Å². The zero-order chi connectivity index (χ0) is 9.26. The van der Waals surface area contributed by atoms with Crippen LogP contribution in [0.2, 0.25) is 0 Å². The van der Waals surface area contributed by atoms with Crippen LogP contribution < -0.4 is 10.6 Å². The van der Waals surface area contributed by atoms with Gasteiger partial charge in [0.15, 0.2) is 0 Å². The van der Waals surface area contributed by atoms with E-state index < -0.39 is 0 Å². The second-order valence-corrected chi connectivity index (χ2v) is 3.76. The van der Waals surface area contributed by atoms with Gasteiger partial charge in [0.25, 0.3) is 0 Å². The molecule has 1 aliphatic carbocycles. The Kier molecular flexibility index (Phi) is 2.09. The number of hydrogen-bond acceptors (Lipinski definition) is 0. The number of rotatable bonds is 2. The average Bonchev–Trinajstić information content (AvgIpc) is 2.48. The van der Waals surface area contributed by atoms with E-state index in [0.29, 0.717) is 0 Å². The second-order valence-electron chi connectivity index (χ2n) is 3.76. The van der Waals surface area contributed by atoms with Gasteiger partial charge in [-0.05, 0) is 37.0 Å². The molecule has 1 heteroatoms. The van der Waals surface area contributed by atoms with Gasteiger partial charge in [-0.2, -0.15) is 0 Å². The zero-order valence-electron chi connectivity index (χ0n) is 8.06. The molecule has 0 fully saturated rings. The van der Waals surface area contributed by atoms with Crippen molar-refractivity contribution in [1.29, 1.82) is 0 Å². The van der Waals surface area contributed by atoms with Crippen LogP contribution in [0.1, 0.15) is 25.3 Å². The summed E-state index contributed by atoms with van der Waals surface area (Å²) in [5.74, 6) is 0. The fourth-order valence-electron chi connectivity index (χ4n) is 1.83. The minimum Gasteiger partial charge on any atom is -0.361 e. The van der Waals surface area contributed by atoms with Crippen molar-refractivity contribution >= 4 is 12.2 Å². The number of fused-ring (bicyclic) bond motifs is 1. The quantitative estimate of drug-likeness (QED) is 0.652. The highest BCUT2D eigenvalue weighted by molar-refractivity contribution is 5.40. The van der Waals surface area contributed by atoms with Gasteiger partial charge in [-0.25, -0.2) is 0 Å². The van der Waals surface area contributed by atoms with Crippen LogP contribution in [0.3, 0.4) is 0 Å². The fraction of sp³-hybridized carbons (Fsp3) is 0.333. The predicted molar refractivity (Wildman–Crippen MR) is 56.7 cm³/mol. The summed E-state index contributed by atoms with van der Waals surface area (Å²) >= 11 is 0. The van der Waals surface area contributed by atoms with Gasteiger partial charge in [0.05, 0.1) is 0 Å². The number of aromatic amines is 1. The Balaban J connectivity index is 2.50. The first-order valence-electron chi connectivity index (χ1n) is 4.78. The largest absolute Gasteiger partial charge is 0.361 e. The molecular weight excluding hydrogens is 158 g/mol. The van der Waals surface area contributed by atoms with Gasteiger partial charge < -0.3 is 4.98 Å². The molecule has 1 aliphatic rings. The summed E-state index contributed by atoms with van der Waals surface area (Å²) in [6, 6.07) is 0. The molecule has 0 unspecified atom stereocenters. The Morgan fingerprint density at radius 2 is 2.23 bits per heavy atom. The molecule has 1 heterocycles. The molecule has 0 bridgehead atoms. The van der Waals surface area contributed by atoms with Crippen molar-refractivity contribution in [2.45, 2.75) is 26.2 Å². The van der Waals surface area contributed by atoms with E-state index in [1.165, 1.54) is 34.5 Å². The smallest absolute Gasteiger partial charge is 0.0413 e. The Bertz CT molecular complexity index is 434. The molecule has 1 nitrogen and oxygen atoms in total. The Morgan fingerprint density at radius 1 is 1.46 bits per heavy atom. The van der Waals surface area contributed by atoms with E-state index in [9.17, 15) is 0 Å². The lowest BCUT2D eigenvalue weighted by Crippen LogP contribution is -2.27. The number of H-pyrrole nitrogens is 1. The van der Waals surface area contributed by atoms with E-state index in [2.05, 4.69) is 36.8 Å². The van der Waals surface area contributed by atoms with E-state index in [-0.39, 0.29) is 0 Å². The third-order valence-electron chi connectivity index (χ3n) is 2.39. The van der Waals surface area contributed by atoms with E-state index in [4.69, 9.17) is 0 Å². The predicted octanol–water partition coefficient (Wildman–Crippen LogP) is 1.49. The molecule has 0 aliphatic heterocycles. The fourth-order valence-corrected chi connectivity index (χ4v) is 1.83. The Hall–Kier alpha value is -1.24. The summed E-state index contributed by atoms with van der Waals surface area (Å²) in [4.78, 5) is 3.30. The molecule has 2 rings (SSSR count). The van der Waals surface area contributed by atoms with Gasteiger partial charge in [-0.3, -0.25) is 0 Å². The molecule has 13 heavy (non-hydrogen) atoms. The first-order chi connectivity index (χ1) is 6.27. The van der Waals surface area contributed by atoms with E-state index in [1.54, 1.807) is 0 Å². The summed E-state index contributed by atoms with van der Waals surface area (Å²) < 4.78 is 0. The summed E-state index contributed by atoms with van der Waals surface area (Å²) in [6.45, 7) is 6.02. The lowest BCUT2D eigenvalue weighted by Gasteiger charge is -1.98. The van der Waals surface area contributed by atoms with Crippen molar-refractivity contribution in [2.75, 3.05) is 0 Å². The molecule has 0 aromatic carbocycles. The number of aromatic nitrogens is 1. The van der Waals surface area contributed by atoms with Gasteiger partial charge in [0, 0.05) is 11.5 Å². The highest BCUT2D eigenvalue weighted by Crippen LogP contribution is 2.01. The lowest BCUT2D eigenvalue weighted by atomic mass is 10.1. The maximum Gasteiger partial charge on any atom is 0.0413 e. The molecule has 0 saturated heterocycles. The molecule has 0 amide bonds. The maximum absolute atomic E-state index is 3.94. The standard InChI is InChI=1S/C12H15N/c1-9(2)7-10-8-13-12-6-4-3-5-11(10)12/h5-6,8,13H,1,3-4,7H2,2H3. The zero-order valence-corrected chi connectivity index (χ0v) is 8.06. The molecule has 1 aromatic heterocycles. The Labute approximate surface area is 78.5 Å². The maximum atomic E-state index is 3.94. The van der Waals surface area contributed by atoms with Crippen molar-refractivity contribution in [1.82, 2.24) is 4.98 Å². The van der Waals surface area contributed by atoms with Crippen LogP contribution in [0.25, 0.3) is 12.2 Å². The summed E-state index contributed by atoms with van der Waals surface area (Å²) in [6.07, 6.45) is 10.0. The van der Waals surface area contributed by atoms with Crippen LogP contribution in [0.4, 0.5) is 0 Å². The highest BCUT2D eigenvalue weighted by Gasteiger charge is 2.01. The average molecular weight is 173 g/mol. The topological polar surface area (TPSA) is 15.8 Å². The van der Waals surface area contributed by atoms with Crippen molar-refractivity contribution < 1.29 is 0 Å². The van der Waals surface area contributed by atoms with Crippen molar-refractivity contribution in [3.05, 3.63) is 34.5 Å². The van der Waals surface area contributed by atoms with Crippen LogP contribution in [-0.2, 0) is 6.42 Å². The monoisotopic (exact) mass is 173 g/mol. The first-order valence-corrected chi connectivity index (χ1v) is 4.78. The number of hydrogen-bond donors (Lipinski definition) is 1. The number of nitrogens with one attached hydrogen (secondary N) is 1. The summed E-state index contributed by atoms with van der Waals surface area (Å²) in [5, 5.41) is 2.69. The first kappa shape index (κ1) is 8.36. The van der Waals surface area contributed by atoms with Crippen molar-refractivity contribution in [3.8, 4) is 0 Å². The van der Waals surface area contributed by atoms with Crippen molar-refractivity contribution in [3.63, 3.8) is 0 Å². The molecular formula is C12H15N. The third-order valence-corrected chi connectivity index (χ3v) is 2.39. The van der Waals surface area contributed by atoms with Crippen LogP contribution in [-0.4, -0.2) is 4.98 Å². The summed E-state index contributed by atoms with van der Waals surface area (Å²) in [5.41, 5.74) is 2.61. The van der Waals surface area contributed by atoms with Gasteiger partial charge in [-0.15, -0.1) is 0 Å². The van der Waals surface area contributed by atoms with E-state index >= 15 is 0 Å². The normalized spacial score (nSPS) is 14.2. The van der Waals surface area contributed by atoms with Crippen LogP contribution in [0.15, 0.2) is 18.3 Å². The van der Waals surface area contributed by atoms with Gasteiger partial charge >= 0.3 is 0 Å². The second kappa shape index (κ2) is 3.25. The van der Waals surface area contributed by atoms with E-state index in [1.807, 2.05) is 0 Å². The van der Waals surface area contributed by atoms with Gasteiger partial charge in [0.2, 0.25) is 0 Å². The van der Waals surface area contributed by atoms with E-state index in [0.717, 1.165) is 6.42 Å². The summed E-state index contributed by atoms with van der Waals surface area (Å²) in [7, 11) is 0. The van der Waals surface area contributed by atoms with Crippen molar-refractivity contribution in [2.24, 2.45) is 0 Å². The van der Waals surface area contributed by atoms with Gasteiger partial charge in [-0.1, -0.05) is 24.3 Å². The molecule has 1 N–H and O–H groups in total. The molecule has 0 radical (unpaired) electrons. The minimum atomic E-state index is 0.996. The van der Waals surface area contributed by atoms with Gasteiger partial charge in [0.1, 0.15) is 0 Å². The third kappa shape index (κ3) is 1.59. The Morgan fingerprint density at radius 3 is 3.00 bits per heavy atom. The molecule has 0 atom stereocenters. The molecule has 1 aromatic rings. The molecule has 68 valence electrons. The number of allylic oxidation sites excluding steroid dienone is 1. The molecule has 0 spiro atoms. The van der Waals surface area contributed by atoms with Crippen LogP contribution in [0, 0.1) is 0 Å².